The zero-order valence-electron chi connectivity index (χ0n) is 12.3. The molecule has 2 rings (SSSR count). The third kappa shape index (κ3) is 3.61. The lowest BCUT2D eigenvalue weighted by atomic mass is 9.86. The average Bonchev–Trinajstić information content (AvgIpc) is 2.48. The Balaban J connectivity index is 1.90. The summed E-state index contributed by atoms with van der Waals surface area (Å²) < 4.78 is 10.6. The molecule has 0 amide bonds. The van der Waals surface area contributed by atoms with Gasteiger partial charge in [-0.1, -0.05) is 12.8 Å². The molecule has 2 unspecified atom stereocenters. The van der Waals surface area contributed by atoms with Crippen LogP contribution in [0.1, 0.15) is 31.4 Å². The van der Waals surface area contributed by atoms with Gasteiger partial charge in [0.2, 0.25) is 0 Å². The lowest BCUT2D eigenvalue weighted by Crippen LogP contribution is -2.33. The highest BCUT2D eigenvalue weighted by atomic mass is 16.5. The summed E-state index contributed by atoms with van der Waals surface area (Å²) in [6, 6.07) is 1.78. The molecule has 1 fully saturated rings. The molecule has 1 aliphatic carbocycles. The second kappa shape index (κ2) is 7.45. The van der Waals surface area contributed by atoms with Crippen LogP contribution in [0.4, 0.5) is 0 Å². The number of nitrogens with one attached hydrogen (secondary N) is 1. The quantitative estimate of drug-likeness (QED) is 0.831. The minimum absolute atomic E-state index is 0.170. The highest BCUT2D eigenvalue weighted by Gasteiger charge is 2.22. The molecule has 0 spiro atoms. The Hall–Kier alpha value is -1.33. The van der Waals surface area contributed by atoms with Crippen molar-refractivity contribution in [3.8, 4) is 11.5 Å². The van der Waals surface area contributed by atoms with E-state index in [4.69, 9.17) is 9.47 Å². The molecule has 20 heavy (non-hydrogen) atoms. The Morgan fingerprint density at radius 3 is 2.80 bits per heavy atom. The third-order valence-corrected chi connectivity index (χ3v) is 3.93. The van der Waals surface area contributed by atoms with Crippen molar-refractivity contribution in [3.63, 3.8) is 0 Å². The number of hydrogen-bond donors (Lipinski definition) is 2. The number of nitrogens with zero attached hydrogens (tertiary/aromatic N) is 1. The van der Waals surface area contributed by atoms with Crippen LogP contribution in [0.15, 0.2) is 12.3 Å². The van der Waals surface area contributed by atoms with Crippen molar-refractivity contribution in [1.29, 1.82) is 0 Å². The minimum atomic E-state index is -0.170. The summed E-state index contributed by atoms with van der Waals surface area (Å²) in [6.07, 6.45) is 5.92. The standard InChI is InChI=1S/C15H24N2O3/c1-19-14-7-8-17-12(15(14)20-2)10-16-9-11-5-3-4-6-13(11)18/h7-8,11,13,16,18H,3-6,9-10H2,1-2H3. The smallest absolute Gasteiger partial charge is 0.183 e. The SMILES string of the molecule is COc1ccnc(CNCC2CCCCC2O)c1OC. The third-order valence-electron chi connectivity index (χ3n) is 3.93. The largest absolute Gasteiger partial charge is 0.493 e. The Kier molecular flexibility index (Phi) is 5.61. The van der Waals surface area contributed by atoms with Gasteiger partial charge >= 0.3 is 0 Å². The first-order chi connectivity index (χ1) is 9.76. The molecule has 0 aromatic carbocycles. The summed E-state index contributed by atoms with van der Waals surface area (Å²) in [7, 11) is 3.24. The van der Waals surface area contributed by atoms with Gasteiger partial charge in [0, 0.05) is 25.4 Å². The van der Waals surface area contributed by atoms with E-state index in [-0.39, 0.29) is 6.10 Å². The van der Waals surface area contributed by atoms with Gasteiger partial charge in [0.05, 0.1) is 26.0 Å². The first-order valence-electron chi connectivity index (χ1n) is 7.21. The number of aliphatic hydroxyl groups excluding tert-OH is 1. The van der Waals surface area contributed by atoms with Crippen LogP contribution in [0.25, 0.3) is 0 Å². The van der Waals surface area contributed by atoms with E-state index in [9.17, 15) is 5.11 Å². The zero-order valence-corrected chi connectivity index (χ0v) is 12.3. The van der Waals surface area contributed by atoms with Crippen molar-refractivity contribution in [2.75, 3.05) is 20.8 Å². The molecular formula is C15H24N2O3. The van der Waals surface area contributed by atoms with E-state index in [2.05, 4.69) is 10.3 Å². The predicted molar refractivity (Wildman–Crippen MR) is 77.0 cm³/mol. The number of aliphatic hydroxyl groups is 1. The number of aromatic nitrogens is 1. The maximum atomic E-state index is 9.95. The molecule has 2 atom stereocenters. The molecule has 1 aromatic rings. The van der Waals surface area contributed by atoms with Crippen molar-refractivity contribution in [1.82, 2.24) is 10.3 Å². The van der Waals surface area contributed by atoms with Gasteiger partial charge < -0.3 is 19.9 Å². The molecule has 5 heteroatoms. The first kappa shape index (κ1) is 15.1. The average molecular weight is 280 g/mol. The Morgan fingerprint density at radius 1 is 1.30 bits per heavy atom. The van der Waals surface area contributed by atoms with Crippen molar-refractivity contribution < 1.29 is 14.6 Å². The summed E-state index contributed by atoms with van der Waals surface area (Å²) >= 11 is 0. The molecule has 0 saturated heterocycles. The van der Waals surface area contributed by atoms with Crippen molar-refractivity contribution in [2.24, 2.45) is 5.92 Å². The van der Waals surface area contributed by atoms with Crippen LogP contribution in [0, 0.1) is 5.92 Å². The van der Waals surface area contributed by atoms with Gasteiger partial charge in [-0.25, -0.2) is 0 Å². The summed E-state index contributed by atoms with van der Waals surface area (Å²) in [6.45, 7) is 1.42. The minimum Gasteiger partial charge on any atom is -0.493 e. The summed E-state index contributed by atoms with van der Waals surface area (Å²) in [5.41, 5.74) is 0.831. The number of hydrogen-bond acceptors (Lipinski definition) is 5. The topological polar surface area (TPSA) is 63.6 Å². The Bertz CT molecular complexity index is 426. The normalized spacial score (nSPS) is 22.6. The molecule has 0 bridgehead atoms. The molecule has 0 aliphatic heterocycles. The van der Waals surface area contributed by atoms with Crippen LogP contribution in [0.2, 0.25) is 0 Å². The molecule has 1 saturated carbocycles. The monoisotopic (exact) mass is 280 g/mol. The van der Waals surface area contributed by atoms with Crippen LogP contribution in [0.5, 0.6) is 11.5 Å². The van der Waals surface area contributed by atoms with Crippen LogP contribution < -0.4 is 14.8 Å². The van der Waals surface area contributed by atoms with Crippen LogP contribution in [0.3, 0.4) is 0 Å². The van der Waals surface area contributed by atoms with Gasteiger partial charge in [0.1, 0.15) is 0 Å². The highest BCUT2D eigenvalue weighted by molar-refractivity contribution is 5.42. The summed E-state index contributed by atoms with van der Waals surface area (Å²) in [4.78, 5) is 4.33. The van der Waals surface area contributed by atoms with E-state index in [0.29, 0.717) is 24.0 Å². The molecule has 1 aliphatic rings. The van der Waals surface area contributed by atoms with E-state index in [0.717, 1.165) is 31.5 Å². The maximum Gasteiger partial charge on any atom is 0.183 e. The first-order valence-corrected chi connectivity index (χ1v) is 7.21. The zero-order chi connectivity index (χ0) is 14.4. The van der Waals surface area contributed by atoms with E-state index in [1.54, 1.807) is 26.5 Å². The number of methoxy groups -OCH3 is 2. The number of ether oxygens (including phenoxy) is 2. The van der Waals surface area contributed by atoms with Crippen molar-refractivity contribution in [2.45, 2.75) is 38.3 Å². The van der Waals surface area contributed by atoms with Crippen LogP contribution in [-0.2, 0) is 6.54 Å². The Morgan fingerprint density at radius 2 is 2.10 bits per heavy atom. The van der Waals surface area contributed by atoms with Gasteiger partial charge in [-0.05, 0) is 18.8 Å². The van der Waals surface area contributed by atoms with E-state index in [1.807, 2.05) is 0 Å². The maximum absolute atomic E-state index is 9.95. The fourth-order valence-corrected chi connectivity index (χ4v) is 2.78. The lowest BCUT2D eigenvalue weighted by Gasteiger charge is -2.27. The second-order valence-corrected chi connectivity index (χ2v) is 5.24. The van der Waals surface area contributed by atoms with Gasteiger partial charge in [-0.2, -0.15) is 0 Å². The number of pyridine rings is 1. The fraction of sp³-hybridized carbons (Fsp3) is 0.667. The number of rotatable bonds is 6. The fourth-order valence-electron chi connectivity index (χ4n) is 2.78. The Labute approximate surface area is 120 Å². The van der Waals surface area contributed by atoms with Crippen molar-refractivity contribution in [3.05, 3.63) is 18.0 Å². The molecule has 1 heterocycles. The lowest BCUT2D eigenvalue weighted by molar-refractivity contribution is 0.0694. The summed E-state index contributed by atoms with van der Waals surface area (Å²) in [5.74, 6) is 1.71. The van der Waals surface area contributed by atoms with E-state index in [1.165, 1.54) is 6.42 Å². The molecular weight excluding hydrogens is 256 g/mol. The molecule has 5 nitrogen and oxygen atoms in total. The van der Waals surface area contributed by atoms with Gasteiger partial charge in [-0.15, -0.1) is 0 Å². The molecule has 0 radical (unpaired) electrons. The van der Waals surface area contributed by atoms with Gasteiger partial charge in [0.25, 0.3) is 0 Å². The van der Waals surface area contributed by atoms with Gasteiger partial charge in [0.15, 0.2) is 11.5 Å². The molecule has 112 valence electrons. The molecule has 1 aromatic heterocycles. The highest BCUT2D eigenvalue weighted by Crippen LogP contribution is 2.29. The van der Waals surface area contributed by atoms with Crippen LogP contribution in [-0.4, -0.2) is 37.0 Å². The molecule has 2 N–H and O–H groups in total. The van der Waals surface area contributed by atoms with E-state index < -0.39 is 0 Å². The van der Waals surface area contributed by atoms with Crippen LogP contribution >= 0.6 is 0 Å². The second-order valence-electron chi connectivity index (χ2n) is 5.24. The van der Waals surface area contributed by atoms with Gasteiger partial charge in [-0.3, -0.25) is 4.98 Å². The summed E-state index contributed by atoms with van der Waals surface area (Å²) in [5, 5.41) is 13.3. The predicted octanol–water partition coefficient (Wildman–Crippen LogP) is 1.74. The van der Waals surface area contributed by atoms with Crippen molar-refractivity contribution >= 4 is 0 Å². The van der Waals surface area contributed by atoms with E-state index >= 15 is 0 Å².